The van der Waals surface area contributed by atoms with Crippen LogP contribution in [0.5, 0.6) is 5.75 Å². The van der Waals surface area contributed by atoms with Crippen LogP contribution in [-0.4, -0.2) is 114 Å². The van der Waals surface area contributed by atoms with E-state index in [9.17, 15) is 19.5 Å². The summed E-state index contributed by atoms with van der Waals surface area (Å²) in [5.41, 5.74) is -4.77. The number of ketones is 1. The van der Waals surface area contributed by atoms with Crippen LogP contribution in [0, 0.1) is 16.7 Å². The zero-order valence-electron chi connectivity index (χ0n) is 43.7. The van der Waals surface area contributed by atoms with Gasteiger partial charge in [0.05, 0.1) is 18.1 Å². The van der Waals surface area contributed by atoms with Crippen molar-refractivity contribution < 1.29 is 76.9 Å². The lowest BCUT2D eigenvalue weighted by atomic mass is 9.42. The van der Waals surface area contributed by atoms with Crippen molar-refractivity contribution in [3.8, 4) is 5.75 Å². The highest BCUT2D eigenvalue weighted by Crippen LogP contribution is 2.67. The van der Waals surface area contributed by atoms with Gasteiger partial charge in [-0.15, -0.1) is 0 Å². The van der Waals surface area contributed by atoms with E-state index in [2.05, 4.69) is 4.74 Å². The minimum atomic E-state index is -2.30. The molecule has 10 rings (SSSR count). The number of benzene rings is 5. The van der Waals surface area contributed by atoms with Gasteiger partial charge >= 0.3 is 23.9 Å². The first-order chi connectivity index (χ1) is 37.5. The molecule has 2 saturated carbocycles. The quantitative estimate of drug-likeness (QED) is 0.0363. The standard InChI is InChI=1S/C59H57NO13.C2H4O3/c1-35-43(69-55(65)49-47(38-23-13-7-14-24-38)60-53(71-49)39-25-15-8-16-26-39)32-59(66)52(72-54(64)40-27-17-9-18-28-40)50-57(5,42(37-21-11-6-12-22-37)31-44-58(50,34-68-44)73-36(2)61)51(63)48(46(35)56(59,3)4)70-45(62)33-67-41-29-19-10-20-30-41;3-1-5-2-4/h6-30,42-44,47-50,52,66H,31-34H2,1-5H3;1,4H,2H2/t42-,43?,44-,47+,48-,49-,50+,52+,57-,58+,59-;/m1./s1. The number of hydrogen-bond acceptors (Lipinski definition) is 17. The SMILES string of the molecule is CC(=O)O[C@@]12CO[C@@H]1C[C@H](c1ccccc1)[C@@]1(C)C(=O)[C@H](OC(=O)COc3ccccc3)C3=C(C)C(OC(=O)[C@@H]4OC(c5ccccc5)=N[C@H]4c4ccccc4)C[C@@](O)([C@@H](OC(=O)c4ccccc4)[C@H]21)C3(C)C.O=COCO. The number of rotatable bonds is 14. The number of nitrogens with zero attached hydrogens (tertiary/aromatic N) is 1. The fourth-order valence-electron chi connectivity index (χ4n) is 12.3. The molecule has 0 amide bonds. The summed E-state index contributed by atoms with van der Waals surface area (Å²) in [6, 6.07) is 43.6. The smallest absolute Gasteiger partial charge is 0.350 e. The van der Waals surface area contributed by atoms with Crippen molar-refractivity contribution in [2.45, 2.75) is 101 Å². The topological polar surface area (TPSA) is 229 Å². The Hall–Kier alpha value is -7.99. The monoisotopic (exact) mass is 1060 g/mol. The van der Waals surface area contributed by atoms with E-state index >= 15 is 9.59 Å². The molecule has 78 heavy (non-hydrogen) atoms. The van der Waals surface area contributed by atoms with Gasteiger partial charge in [0.1, 0.15) is 35.7 Å². The number of aliphatic hydroxyl groups is 2. The minimum Gasteiger partial charge on any atom is -0.482 e. The number of fused-ring (bicyclic) bond motifs is 5. The van der Waals surface area contributed by atoms with Gasteiger partial charge in [0, 0.05) is 29.7 Å². The molecule has 0 aromatic heterocycles. The Labute approximate surface area is 451 Å². The van der Waals surface area contributed by atoms with Gasteiger partial charge in [-0.2, -0.15) is 0 Å². The molecule has 17 heteroatoms. The summed E-state index contributed by atoms with van der Waals surface area (Å²) < 4.78 is 48.5. The molecule has 0 radical (unpaired) electrons. The van der Waals surface area contributed by atoms with Crippen LogP contribution in [0.2, 0.25) is 0 Å². The average Bonchev–Trinajstić information content (AvgIpc) is 3.09. The Morgan fingerprint density at radius 3 is 1.94 bits per heavy atom. The van der Waals surface area contributed by atoms with Gasteiger partial charge < -0.3 is 48.1 Å². The van der Waals surface area contributed by atoms with Gasteiger partial charge in [-0.05, 0) is 77.9 Å². The summed E-state index contributed by atoms with van der Waals surface area (Å²) in [7, 11) is 0. The second kappa shape index (κ2) is 22.5. The lowest BCUT2D eigenvalue weighted by Crippen LogP contribution is -2.80. The molecule has 2 heterocycles. The molecule has 17 nitrogen and oxygen atoms in total. The summed E-state index contributed by atoms with van der Waals surface area (Å²) >= 11 is 0. The van der Waals surface area contributed by atoms with E-state index in [0.29, 0.717) is 28.0 Å². The Bertz CT molecular complexity index is 3060. The number of carbonyl (C=O) groups excluding carboxylic acids is 6. The third-order valence-corrected chi connectivity index (χ3v) is 16.1. The van der Waals surface area contributed by atoms with Gasteiger partial charge in [0.25, 0.3) is 6.47 Å². The number of aliphatic hydroxyl groups excluding tert-OH is 1. The molecule has 2 N–H and O–H groups in total. The molecule has 5 aliphatic rings. The van der Waals surface area contributed by atoms with Crippen LogP contribution in [0.1, 0.15) is 86.5 Å². The van der Waals surface area contributed by atoms with Crippen molar-refractivity contribution in [1.82, 2.24) is 0 Å². The zero-order chi connectivity index (χ0) is 55.4. The van der Waals surface area contributed by atoms with Crippen molar-refractivity contribution >= 4 is 42.0 Å². The van der Waals surface area contributed by atoms with Crippen LogP contribution in [0.25, 0.3) is 0 Å². The largest absolute Gasteiger partial charge is 0.482 e. The van der Waals surface area contributed by atoms with Crippen LogP contribution in [0.15, 0.2) is 168 Å². The number of Topliss-reactive ketones (excluding diaryl/α,β-unsaturated/α-hetero) is 1. The van der Waals surface area contributed by atoms with Gasteiger partial charge in [0.15, 0.2) is 30.9 Å². The lowest BCUT2D eigenvalue weighted by Gasteiger charge is -2.68. The first-order valence-corrected chi connectivity index (χ1v) is 25.7. The number of aliphatic imine (C=N–C) groups is 1. The molecule has 1 saturated heterocycles. The van der Waals surface area contributed by atoms with Crippen LogP contribution in [0.4, 0.5) is 0 Å². The van der Waals surface area contributed by atoms with Crippen molar-refractivity contribution in [3.63, 3.8) is 0 Å². The fraction of sp³-hybridized carbons (Fsp3) is 0.361. The Kier molecular flexibility index (Phi) is 15.8. The van der Waals surface area contributed by atoms with E-state index in [-0.39, 0.29) is 36.5 Å². The van der Waals surface area contributed by atoms with E-state index in [1.165, 1.54) is 6.92 Å². The van der Waals surface area contributed by atoms with Gasteiger partial charge in [0.2, 0.25) is 12.0 Å². The van der Waals surface area contributed by atoms with Crippen molar-refractivity contribution in [2.24, 2.45) is 21.7 Å². The predicted octanol–water partition coefficient (Wildman–Crippen LogP) is 7.38. The summed E-state index contributed by atoms with van der Waals surface area (Å²) in [5, 5.41) is 22.0. The molecular weight excluding hydrogens is 1000 g/mol. The zero-order valence-corrected chi connectivity index (χ0v) is 43.7. The molecule has 5 aromatic rings. The lowest BCUT2D eigenvalue weighted by molar-refractivity contribution is -0.336. The van der Waals surface area contributed by atoms with Crippen LogP contribution in [-0.2, 0) is 57.1 Å². The first-order valence-electron chi connectivity index (χ1n) is 25.7. The summed E-state index contributed by atoms with van der Waals surface area (Å²) in [6.07, 6.45) is -7.22. The molecule has 0 spiro atoms. The summed E-state index contributed by atoms with van der Waals surface area (Å²) in [4.78, 5) is 88.4. The maximum Gasteiger partial charge on any atom is 0.350 e. The highest BCUT2D eigenvalue weighted by molar-refractivity contribution is 5.98. The van der Waals surface area contributed by atoms with E-state index in [1.807, 2.05) is 91.0 Å². The number of carbonyl (C=O) groups is 6. The average molecular weight is 1060 g/mol. The summed E-state index contributed by atoms with van der Waals surface area (Å²) in [5.74, 6) is -5.44. The van der Waals surface area contributed by atoms with Crippen molar-refractivity contribution in [2.75, 3.05) is 20.0 Å². The number of esters is 4. The molecule has 406 valence electrons. The Morgan fingerprint density at radius 2 is 1.37 bits per heavy atom. The number of ether oxygens (including phenoxy) is 8. The molecule has 2 bridgehead atoms. The molecule has 2 aliphatic heterocycles. The van der Waals surface area contributed by atoms with E-state index < -0.39 is 120 Å². The maximum atomic E-state index is 16.7. The van der Waals surface area contributed by atoms with Crippen molar-refractivity contribution in [3.05, 3.63) is 185 Å². The fourth-order valence-corrected chi connectivity index (χ4v) is 12.3. The van der Waals surface area contributed by atoms with Crippen molar-refractivity contribution in [1.29, 1.82) is 0 Å². The van der Waals surface area contributed by atoms with Crippen LogP contribution >= 0.6 is 0 Å². The molecule has 3 aliphatic carbocycles. The van der Waals surface area contributed by atoms with E-state index in [0.717, 1.165) is 0 Å². The Morgan fingerprint density at radius 1 is 0.782 bits per heavy atom. The number of hydrogen-bond donors (Lipinski definition) is 2. The molecule has 1 unspecified atom stereocenters. The predicted molar refractivity (Wildman–Crippen MR) is 279 cm³/mol. The highest BCUT2D eigenvalue weighted by Gasteiger charge is 2.78. The number of para-hydroxylation sites is 1. The highest BCUT2D eigenvalue weighted by atomic mass is 16.6. The third kappa shape index (κ3) is 10.1. The molecule has 3 fully saturated rings. The summed E-state index contributed by atoms with van der Waals surface area (Å²) in [6.45, 7) is 6.83. The molecular formula is C61H61NO16. The maximum absolute atomic E-state index is 16.7. The second-order valence-electron chi connectivity index (χ2n) is 20.7. The normalized spacial score (nSPS) is 29.3. The van der Waals surface area contributed by atoms with Crippen LogP contribution in [0.3, 0.4) is 0 Å². The Balaban J connectivity index is 0.00000142. The third-order valence-electron chi connectivity index (χ3n) is 16.1. The van der Waals surface area contributed by atoms with Gasteiger partial charge in [-0.25, -0.2) is 19.4 Å². The van der Waals surface area contributed by atoms with E-state index in [1.54, 1.807) is 88.4 Å². The van der Waals surface area contributed by atoms with Gasteiger partial charge in [-0.3, -0.25) is 14.4 Å². The second-order valence-corrected chi connectivity index (χ2v) is 20.7. The van der Waals surface area contributed by atoms with E-state index in [4.69, 9.17) is 48.1 Å². The van der Waals surface area contributed by atoms with Gasteiger partial charge in [-0.1, -0.05) is 136 Å². The first kappa shape index (κ1) is 54.8. The van der Waals surface area contributed by atoms with Crippen LogP contribution < -0.4 is 4.74 Å². The minimum absolute atomic E-state index is 0.131. The molecule has 5 aromatic carbocycles. The molecule has 11 atom stereocenters.